The SMILES string of the molecule is Cc1coc2c(C)c3oc(=O)c(CCC(=O)NCCCCCC(=O)O)c(C)c3cc12. The van der Waals surface area contributed by atoms with Gasteiger partial charge < -0.3 is 19.3 Å². The van der Waals surface area contributed by atoms with Gasteiger partial charge in [0.05, 0.1) is 6.26 Å². The minimum Gasteiger partial charge on any atom is -0.481 e. The molecule has 2 heterocycles. The van der Waals surface area contributed by atoms with E-state index in [0.717, 1.165) is 45.9 Å². The molecule has 0 atom stereocenters. The van der Waals surface area contributed by atoms with Crippen molar-refractivity contribution in [1.29, 1.82) is 0 Å². The predicted octanol–water partition coefficient (Wildman–Crippen LogP) is 4.16. The van der Waals surface area contributed by atoms with Gasteiger partial charge in [0.25, 0.3) is 0 Å². The van der Waals surface area contributed by atoms with Crippen LogP contribution in [0.1, 0.15) is 54.4 Å². The lowest BCUT2D eigenvalue weighted by Gasteiger charge is -2.10. The van der Waals surface area contributed by atoms with Crippen molar-refractivity contribution in [3.63, 3.8) is 0 Å². The second-order valence-corrected chi connectivity index (χ2v) is 7.72. The summed E-state index contributed by atoms with van der Waals surface area (Å²) in [6.07, 6.45) is 4.42. The van der Waals surface area contributed by atoms with Crippen molar-refractivity contribution in [1.82, 2.24) is 5.32 Å². The van der Waals surface area contributed by atoms with E-state index in [-0.39, 0.29) is 18.7 Å². The molecule has 2 N–H and O–H groups in total. The van der Waals surface area contributed by atoms with Crippen LogP contribution in [0.4, 0.5) is 0 Å². The van der Waals surface area contributed by atoms with Gasteiger partial charge in [-0.25, -0.2) is 4.79 Å². The highest BCUT2D eigenvalue weighted by Gasteiger charge is 2.18. The molecule has 0 radical (unpaired) electrons. The fourth-order valence-electron chi connectivity index (χ4n) is 3.74. The summed E-state index contributed by atoms with van der Waals surface area (Å²) in [6, 6.07) is 1.98. The van der Waals surface area contributed by atoms with Gasteiger partial charge in [-0.1, -0.05) is 6.42 Å². The minimum atomic E-state index is -0.803. The lowest BCUT2D eigenvalue weighted by molar-refractivity contribution is -0.137. The van der Waals surface area contributed by atoms with Gasteiger partial charge in [0.1, 0.15) is 11.2 Å². The molecule has 1 amide bonds. The van der Waals surface area contributed by atoms with Crippen LogP contribution in [0.3, 0.4) is 0 Å². The zero-order valence-electron chi connectivity index (χ0n) is 17.6. The van der Waals surface area contributed by atoms with E-state index in [2.05, 4.69) is 5.32 Å². The van der Waals surface area contributed by atoms with E-state index >= 15 is 0 Å². The number of carboxylic acids is 1. The van der Waals surface area contributed by atoms with Gasteiger partial charge in [-0.05, 0) is 57.2 Å². The van der Waals surface area contributed by atoms with E-state index in [1.165, 1.54) is 0 Å². The molecule has 0 saturated carbocycles. The molecule has 30 heavy (non-hydrogen) atoms. The molecule has 160 valence electrons. The highest BCUT2D eigenvalue weighted by Crippen LogP contribution is 2.32. The standard InChI is InChI=1S/C23H27NO6/c1-13-12-29-21-15(3)22-18(11-17(13)21)14(2)16(23(28)30-22)8-9-19(25)24-10-6-4-5-7-20(26)27/h11-12H,4-10H2,1-3H3,(H,24,25)(H,26,27). The maximum atomic E-state index is 12.6. The van der Waals surface area contributed by atoms with Gasteiger partial charge >= 0.3 is 11.6 Å². The average Bonchev–Trinajstić information content (AvgIpc) is 3.06. The fraction of sp³-hybridized carbons (Fsp3) is 0.435. The topological polar surface area (TPSA) is 110 Å². The Balaban J connectivity index is 1.68. The third-order valence-electron chi connectivity index (χ3n) is 5.53. The minimum absolute atomic E-state index is 0.135. The number of furan rings is 1. The Morgan fingerprint density at radius 2 is 1.77 bits per heavy atom. The van der Waals surface area contributed by atoms with Gasteiger partial charge in [0.2, 0.25) is 5.91 Å². The molecular formula is C23H27NO6. The number of aryl methyl sites for hydroxylation is 3. The number of rotatable bonds is 9. The average molecular weight is 413 g/mol. The normalized spacial score (nSPS) is 11.3. The quantitative estimate of drug-likeness (QED) is 0.403. The smallest absolute Gasteiger partial charge is 0.339 e. The zero-order chi connectivity index (χ0) is 21.8. The van der Waals surface area contributed by atoms with E-state index < -0.39 is 11.6 Å². The summed E-state index contributed by atoms with van der Waals surface area (Å²) in [5.41, 5.74) is 3.97. The molecule has 0 aliphatic carbocycles. The molecule has 0 unspecified atom stereocenters. The predicted molar refractivity (Wildman–Crippen MR) is 114 cm³/mol. The molecule has 3 aromatic rings. The molecule has 0 fully saturated rings. The van der Waals surface area contributed by atoms with Gasteiger partial charge in [0.15, 0.2) is 0 Å². The third kappa shape index (κ3) is 4.56. The number of hydrogen-bond acceptors (Lipinski definition) is 5. The van der Waals surface area contributed by atoms with Gasteiger partial charge in [-0.2, -0.15) is 0 Å². The highest BCUT2D eigenvalue weighted by molar-refractivity contribution is 5.99. The van der Waals surface area contributed by atoms with Crippen LogP contribution in [0.15, 0.2) is 26.0 Å². The maximum absolute atomic E-state index is 12.6. The van der Waals surface area contributed by atoms with E-state index in [4.69, 9.17) is 13.9 Å². The first-order chi connectivity index (χ1) is 14.3. The van der Waals surface area contributed by atoms with Crippen LogP contribution in [0, 0.1) is 20.8 Å². The lowest BCUT2D eigenvalue weighted by Crippen LogP contribution is -2.25. The maximum Gasteiger partial charge on any atom is 0.339 e. The van der Waals surface area contributed by atoms with Crippen LogP contribution in [0.2, 0.25) is 0 Å². The summed E-state index contributed by atoms with van der Waals surface area (Å²) in [4.78, 5) is 35.2. The molecule has 7 nitrogen and oxygen atoms in total. The second kappa shape index (κ2) is 9.15. The number of nitrogens with one attached hydrogen (secondary N) is 1. The number of carbonyl (C=O) groups is 2. The van der Waals surface area contributed by atoms with Crippen molar-refractivity contribution in [2.24, 2.45) is 0 Å². The van der Waals surface area contributed by atoms with Crippen LogP contribution in [0.5, 0.6) is 0 Å². The van der Waals surface area contributed by atoms with E-state index in [9.17, 15) is 14.4 Å². The summed E-state index contributed by atoms with van der Waals surface area (Å²) < 4.78 is 11.2. The monoisotopic (exact) mass is 413 g/mol. The number of amides is 1. The second-order valence-electron chi connectivity index (χ2n) is 7.72. The molecule has 0 saturated heterocycles. The number of benzene rings is 1. The van der Waals surface area contributed by atoms with Crippen LogP contribution < -0.4 is 10.9 Å². The van der Waals surface area contributed by atoms with Crippen molar-refractivity contribution >= 4 is 33.8 Å². The van der Waals surface area contributed by atoms with Crippen molar-refractivity contribution in [2.75, 3.05) is 6.54 Å². The Hall–Kier alpha value is -3.09. The molecule has 0 spiro atoms. The van der Waals surface area contributed by atoms with E-state index in [1.807, 2.05) is 26.8 Å². The number of unbranched alkanes of at least 4 members (excludes halogenated alkanes) is 2. The number of hydrogen-bond donors (Lipinski definition) is 2. The molecule has 0 aliphatic heterocycles. The number of fused-ring (bicyclic) bond motifs is 2. The van der Waals surface area contributed by atoms with Crippen LogP contribution in [-0.2, 0) is 16.0 Å². The zero-order valence-corrected chi connectivity index (χ0v) is 17.6. The summed E-state index contributed by atoms with van der Waals surface area (Å²) in [5.74, 6) is -0.938. The number of carbonyl (C=O) groups excluding carboxylic acids is 1. The Kier molecular flexibility index (Phi) is 6.59. The van der Waals surface area contributed by atoms with Crippen LogP contribution >= 0.6 is 0 Å². The number of carboxylic acid groups (broad SMARTS) is 1. The van der Waals surface area contributed by atoms with Gasteiger partial charge in [-0.15, -0.1) is 0 Å². The van der Waals surface area contributed by atoms with Gasteiger partial charge in [-0.3, -0.25) is 9.59 Å². The molecule has 0 bridgehead atoms. The summed E-state index contributed by atoms with van der Waals surface area (Å²) in [7, 11) is 0. The van der Waals surface area contributed by atoms with Gasteiger partial charge in [0, 0.05) is 41.3 Å². The fourth-order valence-corrected chi connectivity index (χ4v) is 3.74. The third-order valence-corrected chi connectivity index (χ3v) is 5.53. The van der Waals surface area contributed by atoms with Crippen LogP contribution in [-0.4, -0.2) is 23.5 Å². The highest BCUT2D eigenvalue weighted by atomic mass is 16.4. The Morgan fingerprint density at radius 1 is 1.00 bits per heavy atom. The van der Waals surface area contributed by atoms with Crippen molar-refractivity contribution in [3.8, 4) is 0 Å². The lowest BCUT2D eigenvalue weighted by atomic mass is 9.98. The van der Waals surface area contributed by atoms with E-state index in [0.29, 0.717) is 30.5 Å². The summed E-state index contributed by atoms with van der Waals surface area (Å²) in [5, 5.41) is 13.3. The Morgan fingerprint density at radius 3 is 2.50 bits per heavy atom. The molecule has 1 aromatic carbocycles. The number of aliphatic carboxylic acids is 1. The first kappa shape index (κ1) is 21.6. The molecular weight excluding hydrogens is 386 g/mol. The van der Waals surface area contributed by atoms with E-state index in [1.54, 1.807) is 6.26 Å². The van der Waals surface area contributed by atoms with Crippen molar-refractivity contribution in [2.45, 2.75) is 59.3 Å². The Bertz CT molecular complexity index is 1150. The first-order valence-corrected chi connectivity index (χ1v) is 10.2. The summed E-state index contributed by atoms with van der Waals surface area (Å²) in [6.45, 7) is 6.23. The molecule has 7 heteroatoms. The first-order valence-electron chi connectivity index (χ1n) is 10.2. The van der Waals surface area contributed by atoms with Crippen molar-refractivity contribution < 1.29 is 23.5 Å². The Labute approximate surface area is 174 Å². The molecule has 3 rings (SSSR count). The van der Waals surface area contributed by atoms with Crippen LogP contribution in [0.25, 0.3) is 21.9 Å². The molecule has 2 aromatic heterocycles. The summed E-state index contributed by atoms with van der Waals surface area (Å²) >= 11 is 0. The van der Waals surface area contributed by atoms with Crippen molar-refractivity contribution in [3.05, 3.63) is 45.0 Å². The molecule has 0 aliphatic rings. The largest absolute Gasteiger partial charge is 0.481 e.